The summed E-state index contributed by atoms with van der Waals surface area (Å²) in [7, 11) is -4.76. The standard InChI is InChI=1S/C27H36O2.C24H40O2.C23H36O2.C18H15S.C17H18O5S.C10H14O/c1-3-20(2)21-13-16-25(17-14-21)28-27(23-10-5-4-6-11-23)29-26-18-15-22-9-7-8-12-24(22)19-26;1-5-7-11-19(3)18-24(25-22-12-9-8-10-13-22)26-23-16-14-21(15-17-23)20(4)6-2;1-3-18(2)20-13-15-22(16-14-20)25-23(21-11-7-8-12-21)24-17-19-9-5-4-6-10-19;1-4-10-16(11-5-1)19(17-12-6-2-7-13-17)18-14-8-3-9-15-18;1-3-12(2)13-8-10-14(11-9-13)22-17(18)15-6-4-5-7-16(15)23(19,20)21;1-3-8(2)9-4-6-10(11)7-5-9/h4-6,10-11,13-14,16-17,20,22,24,26-27H,3,7-9,12,15,18-19H2,1-2H3;14-17,19-20,22,24H,5-13,18H2,1-4H3;13-16,18-19,21,23H,3-12,17H2,1-2H3;1-15H;4-12H,3H2,1-2H3,(H,19,20,21);4-8,11H,3H2,1-2H3/q;;;+1;;/p-1. The first kappa shape index (κ1) is 106. The van der Waals surface area contributed by atoms with Crippen LogP contribution in [-0.4, -0.2) is 55.4 Å². The zero-order valence-electron chi connectivity index (χ0n) is 82.2. The fraction of sp³-hybridized carbons (Fsp3) is 0.487. The maximum Gasteiger partial charge on any atom is 0.344 e. The summed E-state index contributed by atoms with van der Waals surface area (Å²) in [6.45, 7) is 27.5. The molecule has 5 saturated carbocycles. The Morgan fingerprint density at radius 1 is 0.398 bits per heavy atom. The third-order valence-electron chi connectivity index (χ3n) is 28.0. The van der Waals surface area contributed by atoms with Crippen LogP contribution in [-0.2, 0) is 35.2 Å². The van der Waals surface area contributed by atoms with Crippen LogP contribution in [0.2, 0.25) is 0 Å². The summed E-state index contributed by atoms with van der Waals surface area (Å²) in [6.07, 6.45) is 38.3. The van der Waals surface area contributed by atoms with Crippen molar-refractivity contribution in [1.29, 1.82) is 0 Å². The first-order valence-corrected chi connectivity index (χ1v) is 53.6. The van der Waals surface area contributed by atoms with E-state index in [0.29, 0.717) is 65.1 Å². The zero-order chi connectivity index (χ0) is 94.5. The number of aromatic hydroxyl groups is 1. The molecule has 0 bridgehead atoms. The number of phenols is 1. The van der Waals surface area contributed by atoms with Crippen molar-refractivity contribution in [3.8, 4) is 28.7 Å². The highest BCUT2D eigenvalue weighted by Crippen LogP contribution is 2.44. The number of rotatable bonds is 36. The molecule has 133 heavy (non-hydrogen) atoms. The van der Waals surface area contributed by atoms with Crippen LogP contribution in [0.25, 0.3) is 0 Å². The summed E-state index contributed by atoms with van der Waals surface area (Å²) < 4.78 is 77.2. The van der Waals surface area contributed by atoms with Gasteiger partial charge < -0.3 is 42.8 Å². The van der Waals surface area contributed by atoms with Crippen LogP contribution < -0.4 is 18.9 Å². The van der Waals surface area contributed by atoms with Gasteiger partial charge in [0.1, 0.15) is 38.9 Å². The van der Waals surface area contributed by atoms with E-state index in [1.54, 1.807) is 24.3 Å². The number of hydrogen-bond acceptors (Lipinski definition) is 12. The predicted octanol–water partition coefficient (Wildman–Crippen LogP) is 32.8. The second-order valence-electron chi connectivity index (χ2n) is 38.0. The summed E-state index contributed by atoms with van der Waals surface area (Å²) >= 11 is 0. The Balaban J connectivity index is 0.000000168. The molecule has 1 N–H and O–H groups in total. The fourth-order valence-electron chi connectivity index (χ4n) is 18.5. The van der Waals surface area contributed by atoms with E-state index >= 15 is 0 Å². The van der Waals surface area contributed by atoms with Gasteiger partial charge in [-0.05, 0) is 280 Å². The average molecular weight is 1840 g/mol. The van der Waals surface area contributed by atoms with E-state index in [2.05, 4.69) is 277 Å². The molecule has 5 aliphatic carbocycles. The lowest BCUT2D eigenvalue weighted by Gasteiger charge is -2.40. The van der Waals surface area contributed by atoms with Gasteiger partial charge >= 0.3 is 5.97 Å². The zero-order valence-corrected chi connectivity index (χ0v) is 83.9. The van der Waals surface area contributed by atoms with Gasteiger partial charge in [-0.1, -0.05) is 337 Å². The molecular formula is C119H158O12S2. The van der Waals surface area contributed by atoms with Gasteiger partial charge in [-0.15, -0.1) is 0 Å². The molecule has 10 aromatic carbocycles. The fourth-order valence-corrected chi connectivity index (χ4v) is 21.3. The van der Waals surface area contributed by atoms with Gasteiger partial charge in [-0.3, -0.25) is 0 Å². The SMILES string of the molecule is CCC(C)c1ccc(O)cc1.CCC(C)c1ccc(OC(=O)c2ccccc2S(=O)(=O)[O-])cc1.CCC(C)c1ccc(OC(OC2CCC3CCCCC3C2)c2ccccc2)cc1.CCC(C)c1ccc(OC(OCC2CCCCC2)C2CCCC2)cc1.CCCCC(C)CC(Oc1ccc(C(C)CC)cc1)OC1CCCCC1.c1ccc([S+](c2ccccc2)c2ccccc2)cc1. The minimum absolute atomic E-state index is 0.0146. The highest BCUT2D eigenvalue weighted by atomic mass is 32.2. The van der Waals surface area contributed by atoms with Crippen LogP contribution >= 0.6 is 0 Å². The predicted molar refractivity (Wildman–Crippen MR) is 547 cm³/mol. The molecule has 15 rings (SSSR count). The Hall–Kier alpha value is -8.99. The number of hydrogen-bond donors (Lipinski definition) is 1. The van der Waals surface area contributed by atoms with Crippen LogP contribution in [0, 0.1) is 29.6 Å². The van der Waals surface area contributed by atoms with E-state index in [1.807, 2.05) is 24.3 Å². The number of carbonyl (C=O) groups excluding carboxylic acids is 1. The quantitative estimate of drug-likeness (QED) is 0.0130. The van der Waals surface area contributed by atoms with E-state index < -0.39 is 21.0 Å². The number of carbonyl (C=O) groups is 1. The molecule has 14 heteroatoms. The van der Waals surface area contributed by atoms with E-state index in [4.69, 9.17) is 38.3 Å². The second-order valence-corrected chi connectivity index (χ2v) is 41.4. The highest BCUT2D eigenvalue weighted by Gasteiger charge is 2.36. The molecule has 0 saturated heterocycles. The van der Waals surface area contributed by atoms with Gasteiger partial charge in [0, 0.05) is 17.9 Å². The number of benzene rings is 10. The Kier molecular flexibility index (Phi) is 46.1. The summed E-state index contributed by atoms with van der Waals surface area (Å²) in [5.74, 6) is 9.09. The summed E-state index contributed by atoms with van der Waals surface area (Å²) in [4.78, 5) is 15.6. The maximum absolute atomic E-state index is 12.1. The van der Waals surface area contributed by atoms with Gasteiger partial charge in [0.15, 0.2) is 21.0 Å². The van der Waals surface area contributed by atoms with E-state index in [9.17, 15) is 17.8 Å². The minimum Gasteiger partial charge on any atom is -0.744 e. The van der Waals surface area contributed by atoms with Crippen molar-refractivity contribution in [3.63, 3.8) is 0 Å². The molecule has 0 aromatic heterocycles. The van der Waals surface area contributed by atoms with Crippen LogP contribution in [0.1, 0.15) is 355 Å². The number of esters is 1. The van der Waals surface area contributed by atoms with Gasteiger partial charge in [-0.2, -0.15) is 0 Å². The van der Waals surface area contributed by atoms with E-state index in [0.717, 1.165) is 84.5 Å². The second kappa shape index (κ2) is 57.8. The van der Waals surface area contributed by atoms with Crippen molar-refractivity contribution in [3.05, 3.63) is 306 Å². The van der Waals surface area contributed by atoms with Gasteiger partial charge in [0.05, 0.1) is 40.2 Å². The first-order valence-electron chi connectivity index (χ1n) is 50.9. The van der Waals surface area contributed by atoms with Crippen molar-refractivity contribution in [2.75, 3.05) is 6.61 Å². The minimum atomic E-state index is -4.74. The molecule has 0 spiro atoms. The Morgan fingerprint density at radius 2 is 0.797 bits per heavy atom. The van der Waals surface area contributed by atoms with Crippen LogP contribution in [0.4, 0.5) is 0 Å². The van der Waals surface area contributed by atoms with Crippen molar-refractivity contribution in [2.24, 2.45) is 29.6 Å². The molecule has 0 amide bonds. The van der Waals surface area contributed by atoms with Crippen LogP contribution in [0.5, 0.6) is 28.7 Å². The molecule has 0 aliphatic heterocycles. The first-order chi connectivity index (χ1) is 64.6. The molecule has 12 unspecified atom stereocenters. The normalized spacial score (nSPS) is 18.4. The van der Waals surface area contributed by atoms with E-state index in [-0.39, 0.29) is 35.3 Å². The summed E-state index contributed by atoms with van der Waals surface area (Å²) in [5.41, 5.74) is 7.40. The Bertz CT molecular complexity index is 4810. The topological polar surface area (TPSA) is 159 Å². The molecule has 0 radical (unpaired) electrons. The third kappa shape index (κ3) is 35.9. The number of phenolic OH excluding ortho intramolecular Hbond substituents is 1. The molecule has 10 aromatic rings. The number of unbranched alkanes of at least 4 members (excludes halogenated alkanes) is 1. The monoisotopic (exact) mass is 1840 g/mol. The van der Waals surface area contributed by atoms with Gasteiger partial charge in [0.2, 0.25) is 12.6 Å². The molecular weight excluding hydrogens is 1690 g/mol. The largest absolute Gasteiger partial charge is 0.744 e. The summed E-state index contributed by atoms with van der Waals surface area (Å²) in [5, 5.41) is 9.01. The lowest BCUT2D eigenvalue weighted by molar-refractivity contribution is -0.143. The molecule has 12 atom stereocenters. The van der Waals surface area contributed by atoms with E-state index in [1.165, 1.54) is 222 Å². The Morgan fingerprint density at radius 3 is 1.26 bits per heavy atom. The maximum atomic E-state index is 12.1. The average Bonchev–Trinajstić information content (AvgIpc) is 1.08. The molecule has 12 nitrogen and oxygen atoms in total. The van der Waals surface area contributed by atoms with Crippen molar-refractivity contribution >= 4 is 27.0 Å². The van der Waals surface area contributed by atoms with Gasteiger partial charge in [-0.25, -0.2) is 13.2 Å². The number of ether oxygens (including phenoxy) is 7. The molecule has 718 valence electrons. The smallest absolute Gasteiger partial charge is 0.344 e. The van der Waals surface area contributed by atoms with Crippen LogP contribution in [0.3, 0.4) is 0 Å². The van der Waals surface area contributed by atoms with Gasteiger partial charge in [0.25, 0.3) is 0 Å². The third-order valence-corrected chi connectivity index (χ3v) is 31.2. The van der Waals surface area contributed by atoms with Crippen molar-refractivity contribution < 1.29 is 56.0 Å². The Labute approximate surface area is 804 Å². The van der Waals surface area contributed by atoms with Crippen molar-refractivity contribution in [1.82, 2.24) is 0 Å². The van der Waals surface area contributed by atoms with Crippen molar-refractivity contribution in [2.45, 2.75) is 356 Å². The highest BCUT2D eigenvalue weighted by molar-refractivity contribution is 7.97. The molecule has 5 fully saturated rings. The number of fused-ring (bicyclic) bond motifs is 1. The van der Waals surface area contributed by atoms with Crippen LogP contribution in [0.15, 0.2) is 287 Å². The molecule has 5 aliphatic rings. The summed E-state index contributed by atoms with van der Waals surface area (Å²) in [6, 6.07) is 88.1. The lowest BCUT2D eigenvalue weighted by Crippen LogP contribution is -2.33. The lowest BCUT2D eigenvalue weighted by atomic mass is 9.70. The molecule has 0 heterocycles.